The van der Waals surface area contributed by atoms with E-state index >= 15 is 0 Å². The molecule has 1 N–H and O–H groups in total. The van der Waals surface area contributed by atoms with Crippen LogP contribution in [0.4, 0.5) is 15.8 Å². The Bertz CT molecular complexity index is 938. The molecule has 0 unspecified atom stereocenters. The Hall–Kier alpha value is -3.54. The van der Waals surface area contributed by atoms with Crippen LogP contribution in [0.25, 0.3) is 11.3 Å². The molecule has 0 spiro atoms. The fourth-order valence-electron chi connectivity index (χ4n) is 2.45. The molecule has 0 aliphatic heterocycles. The number of hydrogen-bond donors (Lipinski definition) is 1. The van der Waals surface area contributed by atoms with E-state index in [4.69, 9.17) is 10.00 Å². The number of nitrogens with zero attached hydrogens (tertiary/aromatic N) is 3. The molecule has 0 atom stereocenters. The minimum Gasteiger partial charge on any atom is -0.462 e. The largest absolute Gasteiger partial charge is 0.462 e. The van der Waals surface area contributed by atoms with Crippen molar-refractivity contribution < 1.29 is 18.8 Å². The van der Waals surface area contributed by atoms with Gasteiger partial charge in [0.2, 0.25) is 0 Å². The number of hydrogen-bond acceptors (Lipinski definition) is 7. The zero-order valence-electron chi connectivity index (χ0n) is 14.9. The van der Waals surface area contributed by atoms with E-state index in [0.717, 1.165) is 12.3 Å². The van der Waals surface area contributed by atoms with Crippen molar-refractivity contribution in [2.24, 2.45) is 0 Å². The molecular weight excluding hydrogens is 355 g/mol. The van der Waals surface area contributed by atoms with Gasteiger partial charge in [0.15, 0.2) is 5.69 Å². The van der Waals surface area contributed by atoms with Crippen LogP contribution in [0.2, 0.25) is 0 Å². The molecular formula is C18H17FN4O4. The van der Waals surface area contributed by atoms with Crippen LogP contribution in [-0.4, -0.2) is 28.5 Å². The van der Waals surface area contributed by atoms with Gasteiger partial charge in [-0.25, -0.2) is 14.2 Å². The fourth-order valence-corrected chi connectivity index (χ4v) is 2.45. The van der Waals surface area contributed by atoms with Crippen LogP contribution in [-0.2, 0) is 4.74 Å². The molecule has 0 radical (unpaired) electrons. The number of nitrogens with one attached hydrogen (secondary N) is 1. The molecule has 1 heterocycles. The lowest BCUT2D eigenvalue weighted by Crippen LogP contribution is -2.17. The Morgan fingerprint density at radius 2 is 2.19 bits per heavy atom. The van der Waals surface area contributed by atoms with E-state index < -0.39 is 22.4 Å². The topological polar surface area (TPSA) is 118 Å². The van der Waals surface area contributed by atoms with E-state index in [1.807, 2.05) is 0 Å². The quantitative estimate of drug-likeness (QED) is 0.467. The Kier molecular flexibility index (Phi) is 6.03. The average molecular weight is 372 g/mol. The fraction of sp³-hybridized carbons (Fsp3) is 0.278. The van der Waals surface area contributed by atoms with Gasteiger partial charge in [-0.3, -0.25) is 10.1 Å². The minimum atomic E-state index is -0.830. The number of ether oxygens (including phenoxy) is 1. The molecule has 140 valence electrons. The van der Waals surface area contributed by atoms with Crippen LogP contribution < -0.4 is 5.32 Å². The summed E-state index contributed by atoms with van der Waals surface area (Å²) in [7, 11) is 0. The van der Waals surface area contributed by atoms with Crippen LogP contribution in [0.1, 0.15) is 36.7 Å². The summed E-state index contributed by atoms with van der Waals surface area (Å²) in [6.07, 6.45) is 1.11. The maximum absolute atomic E-state index is 14.4. The van der Waals surface area contributed by atoms with Gasteiger partial charge in [-0.2, -0.15) is 5.26 Å². The third kappa shape index (κ3) is 4.17. The molecule has 8 nitrogen and oxygen atoms in total. The number of halogens is 1. The lowest BCUT2D eigenvalue weighted by atomic mass is 10.0. The smallest absolute Gasteiger partial charge is 0.342 e. The zero-order chi connectivity index (χ0) is 20.1. The molecule has 0 saturated carbocycles. The summed E-state index contributed by atoms with van der Waals surface area (Å²) in [5.41, 5.74) is -1.08. The molecule has 1 aromatic carbocycles. The average Bonchev–Trinajstić information content (AvgIpc) is 2.60. The Labute approximate surface area is 154 Å². The van der Waals surface area contributed by atoms with Crippen molar-refractivity contribution in [3.63, 3.8) is 0 Å². The highest BCUT2D eigenvalue weighted by atomic mass is 19.1. The molecule has 0 saturated heterocycles. The van der Waals surface area contributed by atoms with Crippen molar-refractivity contribution in [1.82, 2.24) is 4.98 Å². The molecule has 0 aliphatic carbocycles. The van der Waals surface area contributed by atoms with E-state index in [2.05, 4.69) is 10.3 Å². The third-order valence-electron chi connectivity index (χ3n) is 3.52. The number of pyridine rings is 1. The van der Waals surface area contributed by atoms with E-state index in [1.165, 1.54) is 12.1 Å². The van der Waals surface area contributed by atoms with Crippen LogP contribution in [0.3, 0.4) is 0 Å². The highest BCUT2D eigenvalue weighted by molar-refractivity contribution is 6.00. The first-order valence-corrected chi connectivity index (χ1v) is 8.11. The summed E-state index contributed by atoms with van der Waals surface area (Å²) in [5, 5.41) is 23.5. The first-order valence-electron chi connectivity index (χ1n) is 8.11. The number of aromatic nitrogens is 1. The van der Waals surface area contributed by atoms with Gasteiger partial charge in [0, 0.05) is 17.8 Å². The van der Waals surface area contributed by atoms with Gasteiger partial charge in [-0.15, -0.1) is 0 Å². The number of benzene rings is 1. The van der Waals surface area contributed by atoms with Gasteiger partial charge in [0.25, 0.3) is 0 Å². The highest BCUT2D eigenvalue weighted by Gasteiger charge is 2.30. The predicted octanol–water partition coefficient (Wildman–Crippen LogP) is 3.66. The van der Waals surface area contributed by atoms with Gasteiger partial charge < -0.3 is 10.1 Å². The Morgan fingerprint density at radius 3 is 2.70 bits per heavy atom. The standard InChI is InChI=1S/C18H17FN4O4/c1-4-27-18(24)13-9-21-15(12-6-5-11(8-20)7-14(12)19)17(23(25)26)16(13)22-10(2)3/h5-7,9-10H,4H2,1-3H3,(H,21,22). The predicted molar refractivity (Wildman–Crippen MR) is 95.7 cm³/mol. The van der Waals surface area contributed by atoms with Crippen LogP contribution in [0.5, 0.6) is 0 Å². The monoisotopic (exact) mass is 372 g/mol. The van der Waals surface area contributed by atoms with E-state index in [0.29, 0.717) is 0 Å². The lowest BCUT2D eigenvalue weighted by molar-refractivity contribution is -0.383. The van der Waals surface area contributed by atoms with Crippen LogP contribution in [0.15, 0.2) is 24.4 Å². The van der Waals surface area contributed by atoms with Crippen molar-refractivity contribution in [2.45, 2.75) is 26.8 Å². The molecule has 1 aromatic heterocycles. The third-order valence-corrected chi connectivity index (χ3v) is 3.52. The Morgan fingerprint density at radius 1 is 1.48 bits per heavy atom. The van der Waals surface area contributed by atoms with E-state index in [-0.39, 0.29) is 40.7 Å². The summed E-state index contributed by atoms with van der Waals surface area (Å²) in [6.45, 7) is 5.16. The van der Waals surface area contributed by atoms with Crippen molar-refractivity contribution in [1.29, 1.82) is 5.26 Å². The second-order valence-electron chi connectivity index (χ2n) is 5.83. The van der Waals surface area contributed by atoms with E-state index in [1.54, 1.807) is 26.8 Å². The normalized spacial score (nSPS) is 10.4. The highest BCUT2D eigenvalue weighted by Crippen LogP contribution is 2.38. The molecule has 0 bridgehead atoms. The summed E-state index contributed by atoms with van der Waals surface area (Å²) >= 11 is 0. The summed E-state index contributed by atoms with van der Waals surface area (Å²) < 4.78 is 19.3. The molecule has 0 aliphatic rings. The summed E-state index contributed by atoms with van der Waals surface area (Å²) in [6, 6.07) is 5.08. The number of carbonyl (C=O) groups excluding carboxylic acids is 1. The van der Waals surface area contributed by atoms with E-state index in [9.17, 15) is 19.3 Å². The number of nitriles is 1. The summed E-state index contributed by atoms with van der Waals surface area (Å²) in [4.78, 5) is 27.2. The van der Waals surface area contributed by atoms with Crippen molar-refractivity contribution in [2.75, 3.05) is 11.9 Å². The SMILES string of the molecule is CCOC(=O)c1cnc(-c2ccc(C#N)cc2F)c([N+](=O)[O-])c1NC(C)C. The maximum Gasteiger partial charge on any atom is 0.342 e. The van der Waals surface area contributed by atoms with Gasteiger partial charge in [-0.1, -0.05) is 0 Å². The zero-order valence-corrected chi connectivity index (χ0v) is 14.9. The number of rotatable bonds is 6. The van der Waals surface area contributed by atoms with Gasteiger partial charge >= 0.3 is 11.7 Å². The molecule has 27 heavy (non-hydrogen) atoms. The molecule has 2 aromatic rings. The summed E-state index contributed by atoms with van der Waals surface area (Å²) in [5.74, 6) is -1.60. The van der Waals surface area contributed by atoms with Gasteiger partial charge in [0.05, 0.1) is 23.2 Å². The molecule has 0 amide bonds. The Balaban J connectivity index is 2.78. The van der Waals surface area contributed by atoms with Crippen molar-refractivity contribution in [3.8, 4) is 17.3 Å². The number of esters is 1. The van der Waals surface area contributed by atoms with Crippen LogP contribution in [0, 0.1) is 27.3 Å². The molecule has 9 heteroatoms. The lowest BCUT2D eigenvalue weighted by Gasteiger charge is -2.16. The number of carbonyl (C=O) groups is 1. The molecule has 0 fully saturated rings. The van der Waals surface area contributed by atoms with Gasteiger partial charge in [0.1, 0.15) is 17.1 Å². The number of anilines is 1. The minimum absolute atomic E-state index is 0.0718. The van der Waals surface area contributed by atoms with Crippen molar-refractivity contribution >= 4 is 17.3 Å². The number of nitro groups is 1. The second-order valence-corrected chi connectivity index (χ2v) is 5.83. The van der Waals surface area contributed by atoms with Gasteiger partial charge in [-0.05, 0) is 39.0 Å². The molecule has 2 rings (SSSR count). The first-order chi connectivity index (χ1) is 12.8. The second kappa shape index (κ2) is 8.23. The maximum atomic E-state index is 14.4. The first kappa shape index (κ1) is 19.8. The van der Waals surface area contributed by atoms with Crippen molar-refractivity contribution in [3.05, 3.63) is 51.5 Å². The van der Waals surface area contributed by atoms with Crippen LogP contribution >= 0.6 is 0 Å².